The molecule has 2 N–H and O–H groups in total. The summed E-state index contributed by atoms with van der Waals surface area (Å²) >= 11 is 0. The number of benzene rings is 1. The summed E-state index contributed by atoms with van der Waals surface area (Å²) in [6.45, 7) is 0.142. The van der Waals surface area contributed by atoms with Crippen molar-refractivity contribution in [2.75, 3.05) is 6.54 Å². The Labute approximate surface area is 83.0 Å². The summed E-state index contributed by atoms with van der Waals surface area (Å²) < 4.78 is 34.4. The van der Waals surface area contributed by atoms with Gasteiger partial charge in [-0.2, -0.15) is 8.42 Å². The number of nitrogens with two attached hydrogens (primary N) is 1. The van der Waals surface area contributed by atoms with Crippen LogP contribution in [-0.4, -0.2) is 15.0 Å². The van der Waals surface area contributed by atoms with Gasteiger partial charge in [-0.3, -0.25) is 0 Å². The lowest BCUT2D eigenvalue weighted by Gasteiger charge is -2.11. The predicted octanol–water partition coefficient (Wildman–Crippen LogP) is 1.38. The van der Waals surface area contributed by atoms with E-state index in [0.29, 0.717) is 5.56 Å². The molecule has 3 nitrogen and oxygen atoms in total. The molecule has 0 amide bonds. The van der Waals surface area contributed by atoms with Crippen LogP contribution in [0.25, 0.3) is 0 Å². The lowest BCUT2D eigenvalue weighted by atomic mass is 10.1. The molecule has 1 aromatic rings. The molecule has 14 heavy (non-hydrogen) atoms. The van der Waals surface area contributed by atoms with E-state index in [1.165, 1.54) is 0 Å². The first kappa shape index (κ1) is 11.1. The SMILES string of the molecule is NCCC(c1ccccc1)S(=O)(=O)F. The molecule has 0 spiro atoms. The number of halogens is 1. The van der Waals surface area contributed by atoms with Gasteiger partial charge in [-0.1, -0.05) is 30.3 Å². The summed E-state index contributed by atoms with van der Waals surface area (Å²) in [7, 11) is -4.56. The Morgan fingerprint density at radius 3 is 2.29 bits per heavy atom. The third kappa shape index (κ3) is 2.78. The van der Waals surface area contributed by atoms with Crippen molar-refractivity contribution in [2.24, 2.45) is 5.73 Å². The van der Waals surface area contributed by atoms with Crippen LogP contribution >= 0.6 is 0 Å². The van der Waals surface area contributed by atoms with Crippen LogP contribution < -0.4 is 5.73 Å². The van der Waals surface area contributed by atoms with Gasteiger partial charge in [-0.05, 0) is 18.5 Å². The highest BCUT2D eigenvalue weighted by molar-refractivity contribution is 7.86. The topological polar surface area (TPSA) is 60.2 Å². The second-order valence-electron chi connectivity index (χ2n) is 2.95. The first-order chi connectivity index (χ1) is 6.55. The molecule has 1 atom stereocenters. The molecule has 1 aromatic carbocycles. The van der Waals surface area contributed by atoms with Gasteiger partial charge in [0.2, 0.25) is 0 Å². The summed E-state index contributed by atoms with van der Waals surface area (Å²) in [6.07, 6.45) is 0.100. The summed E-state index contributed by atoms with van der Waals surface area (Å²) in [5.74, 6) is 0. The molecule has 0 saturated carbocycles. The van der Waals surface area contributed by atoms with Crippen LogP contribution in [0, 0.1) is 0 Å². The summed E-state index contributed by atoms with van der Waals surface area (Å²) in [4.78, 5) is 0. The van der Waals surface area contributed by atoms with Crippen molar-refractivity contribution in [3.63, 3.8) is 0 Å². The fraction of sp³-hybridized carbons (Fsp3) is 0.333. The molecule has 78 valence electrons. The zero-order valence-corrected chi connectivity index (χ0v) is 8.37. The van der Waals surface area contributed by atoms with E-state index in [-0.39, 0.29) is 13.0 Å². The Kier molecular flexibility index (Phi) is 3.60. The molecule has 0 aromatic heterocycles. The minimum Gasteiger partial charge on any atom is -0.330 e. The lowest BCUT2D eigenvalue weighted by molar-refractivity contribution is 0.530. The van der Waals surface area contributed by atoms with E-state index in [4.69, 9.17) is 5.73 Å². The molecule has 0 saturated heterocycles. The van der Waals surface area contributed by atoms with E-state index in [2.05, 4.69) is 0 Å². The van der Waals surface area contributed by atoms with Gasteiger partial charge in [0.25, 0.3) is 0 Å². The summed E-state index contributed by atoms with van der Waals surface area (Å²) in [5, 5.41) is -1.13. The molecule has 0 fully saturated rings. The van der Waals surface area contributed by atoms with Gasteiger partial charge in [0, 0.05) is 0 Å². The Morgan fingerprint density at radius 1 is 1.29 bits per heavy atom. The molecule has 0 aliphatic rings. The second kappa shape index (κ2) is 4.52. The largest absolute Gasteiger partial charge is 0.330 e. The van der Waals surface area contributed by atoms with E-state index < -0.39 is 15.5 Å². The molecule has 0 heterocycles. The fourth-order valence-corrected chi connectivity index (χ4v) is 2.19. The molecular weight excluding hydrogens is 205 g/mol. The predicted molar refractivity (Wildman–Crippen MR) is 52.9 cm³/mol. The van der Waals surface area contributed by atoms with Crippen LogP contribution in [0.1, 0.15) is 17.2 Å². The van der Waals surface area contributed by atoms with Crippen LogP contribution in [-0.2, 0) is 10.2 Å². The smallest absolute Gasteiger partial charge is 0.309 e. The monoisotopic (exact) mass is 217 g/mol. The highest BCUT2D eigenvalue weighted by Gasteiger charge is 2.25. The van der Waals surface area contributed by atoms with Gasteiger partial charge >= 0.3 is 10.2 Å². The van der Waals surface area contributed by atoms with Crippen molar-refractivity contribution in [1.29, 1.82) is 0 Å². The van der Waals surface area contributed by atoms with Crippen LogP contribution in [0.5, 0.6) is 0 Å². The molecule has 0 radical (unpaired) electrons. The molecular formula is C9H12FNO2S. The third-order valence-corrected chi connectivity index (χ3v) is 3.13. The number of rotatable bonds is 4. The maximum absolute atomic E-state index is 12.8. The standard InChI is InChI=1S/C9H12FNO2S/c10-14(12,13)9(6-7-11)8-4-2-1-3-5-8/h1-5,9H,6-7,11H2. The molecule has 1 unspecified atom stereocenters. The average molecular weight is 217 g/mol. The minimum atomic E-state index is -4.56. The van der Waals surface area contributed by atoms with Crippen molar-refractivity contribution in [3.05, 3.63) is 35.9 Å². The average Bonchev–Trinajstić information content (AvgIpc) is 2.14. The van der Waals surface area contributed by atoms with E-state index in [1.807, 2.05) is 0 Å². The van der Waals surface area contributed by atoms with Crippen molar-refractivity contribution in [1.82, 2.24) is 0 Å². The Hall–Kier alpha value is -0.940. The minimum absolute atomic E-state index is 0.100. The van der Waals surface area contributed by atoms with Crippen LogP contribution in [0.4, 0.5) is 3.89 Å². The quantitative estimate of drug-likeness (QED) is 0.775. The van der Waals surface area contributed by atoms with Gasteiger partial charge in [0.1, 0.15) is 5.25 Å². The van der Waals surface area contributed by atoms with E-state index in [1.54, 1.807) is 30.3 Å². The van der Waals surface area contributed by atoms with Crippen molar-refractivity contribution in [2.45, 2.75) is 11.7 Å². The second-order valence-corrected chi connectivity index (χ2v) is 4.47. The molecule has 5 heteroatoms. The zero-order chi connectivity index (χ0) is 10.6. The highest BCUT2D eigenvalue weighted by atomic mass is 32.3. The van der Waals surface area contributed by atoms with Crippen molar-refractivity contribution in [3.8, 4) is 0 Å². The van der Waals surface area contributed by atoms with E-state index in [0.717, 1.165) is 0 Å². The highest BCUT2D eigenvalue weighted by Crippen LogP contribution is 2.26. The Balaban J connectivity index is 3.02. The molecule has 1 rings (SSSR count). The Bertz CT molecular complexity index is 377. The maximum atomic E-state index is 12.8. The molecule has 0 bridgehead atoms. The van der Waals surface area contributed by atoms with Crippen molar-refractivity contribution >= 4 is 10.2 Å². The number of hydrogen-bond donors (Lipinski definition) is 1. The number of hydrogen-bond acceptors (Lipinski definition) is 3. The van der Waals surface area contributed by atoms with Crippen LogP contribution in [0.15, 0.2) is 30.3 Å². The zero-order valence-electron chi connectivity index (χ0n) is 7.56. The third-order valence-electron chi connectivity index (χ3n) is 1.94. The van der Waals surface area contributed by atoms with Gasteiger partial charge in [0.15, 0.2) is 0 Å². The van der Waals surface area contributed by atoms with E-state index in [9.17, 15) is 12.3 Å². The summed E-state index contributed by atoms with van der Waals surface area (Å²) in [6, 6.07) is 8.25. The Morgan fingerprint density at radius 2 is 1.86 bits per heavy atom. The first-order valence-corrected chi connectivity index (χ1v) is 5.69. The molecule has 0 aliphatic carbocycles. The van der Waals surface area contributed by atoms with Gasteiger partial charge in [0.05, 0.1) is 0 Å². The van der Waals surface area contributed by atoms with Gasteiger partial charge in [-0.25, -0.2) is 0 Å². The van der Waals surface area contributed by atoms with E-state index >= 15 is 0 Å². The summed E-state index contributed by atoms with van der Waals surface area (Å²) in [5.41, 5.74) is 5.68. The van der Waals surface area contributed by atoms with Gasteiger partial charge < -0.3 is 5.73 Å². The van der Waals surface area contributed by atoms with Crippen molar-refractivity contribution < 1.29 is 12.3 Å². The van der Waals surface area contributed by atoms with Gasteiger partial charge in [-0.15, -0.1) is 3.89 Å². The maximum Gasteiger partial charge on any atom is 0.309 e. The first-order valence-electron chi connectivity index (χ1n) is 4.24. The molecule has 0 aliphatic heterocycles. The lowest BCUT2D eigenvalue weighted by Crippen LogP contribution is -2.13. The fourth-order valence-electron chi connectivity index (χ4n) is 1.29. The van der Waals surface area contributed by atoms with Crippen LogP contribution in [0.2, 0.25) is 0 Å². The normalized spacial score (nSPS) is 13.9. The van der Waals surface area contributed by atoms with Crippen LogP contribution in [0.3, 0.4) is 0 Å².